The number of nitrogens with zero attached hydrogens (tertiary/aromatic N) is 2. The maximum atomic E-state index is 13.9. The zero-order chi connectivity index (χ0) is 29.1. The molecule has 5 rings (SSSR count). The number of halogens is 2. The van der Waals surface area contributed by atoms with E-state index in [4.69, 9.17) is 45.1 Å². The van der Waals surface area contributed by atoms with Crippen LogP contribution in [0.2, 0.25) is 10.0 Å². The summed E-state index contributed by atoms with van der Waals surface area (Å²) in [5.41, 5.74) is 15.4. The number of hydrogen-bond acceptors (Lipinski definition) is 5. The molecule has 0 saturated carbocycles. The average Bonchev–Trinajstić information content (AvgIpc) is 3.36. The molecule has 1 aromatic heterocycles. The van der Waals surface area contributed by atoms with E-state index in [1.807, 2.05) is 30.5 Å². The van der Waals surface area contributed by atoms with Gasteiger partial charge in [0.25, 0.3) is 0 Å². The first kappa shape index (κ1) is 29.3. The Morgan fingerprint density at radius 1 is 1.12 bits per heavy atom. The predicted octanol–water partition coefficient (Wildman–Crippen LogP) is 5.31. The molecule has 1 unspecified atom stereocenters. The minimum absolute atomic E-state index is 0.0502. The number of fused-ring (bicyclic) bond motifs is 1. The molecular formula is C30H32Cl2N6O2S. The van der Waals surface area contributed by atoms with E-state index >= 15 is 0 Å². The lowest BCUT2D eigenvalue weighted by atomic mass is 9.93. The Morgan fingerprint density at radius 3 is 2.68 bits per heavy atom. The summed E-state index contributed by atoms with van der Waals surface area (Å²) in [4.78, 5) is 4.83. The Morgan fingerprint density at radius 2 is 1.93 bits per heavy atom. The second-order valence-electron chi connectivity index (χ2n) is 10.3. The van der Waals surface area contributed by atoms with Gasteiger partial charge >= 0.3 is 0 Å². The van der Waals surface area contributed by atoms with Crippen molar-refractivity contribution >= 4 is 39.1 Å². The van der Waals surface area contributed by atoms with Crippen LogP contribution in [0.25, 0.3) is 11.1 Å². The lowest BCUT2D eigenvalue weighted by Gasteiger charge is -2.27. The Hall–Kier alpha value is -3.21. The van der Waals surface area contributed by atoms with Crippen molar-refractivity contribution in [3.63, 3.8) is 0 Å². The molecule has 0 amide bonds. The summed E-state index contributed by atoms with van der Waals surface area (Å²) in [7, 11) is -3.99. The van der Waals surface area contributed by atoms with Crippen molar-refractivity contribution in [2.45, 2.75) is 43.2 Å². The zero-order valence-corrected chi connectivity index (χ0v) is 24.7. The van der Waals surface area contributed by atoms with Crippen LogP contribution in [0, 0.1) is 11.3 Å². The SMILES string of the molecule is N=C(N)c1cccc(C[C@H](NS(=O)(=O)c2cccc(-c3ccc(Cl)cc3Cl)c2)c2ncc3n2CCC(CCN)C3)c1. The van der Waals surface area contributed by atoms with Gasteiger partial charge in [-0.15, -0.1) is 0 Å². The second-order valence-corrected chi connectivity index (χ2v) is 12.9. The normalized spacial score (nSPS) is 15.8. The van der Waals surface area contributed by atoms with Gasteiger partial charge in [-0.25, -0.2) is 18.1 Å². The summed E-state index contributed by atoms with van der Waals surface area (Å²) in [5, 5.41) is 8.76. The number of imidazole rings is 1. The number of nitrogen functional groups attached to an aromatic ring is 1. The van der Waals surface area contributed by atoms with Crippen LogP contribution < -0.4 is 16.2 Å². The number of hydrogen-bond donors (Lipinski definition) is 4. The first-order valence-electron chi connectivity index (χ1n) is 13.4. The van der Waals surface area contributed by atoms with E-state index in [0.29, 0.717) is 51.4 Å². The van der Waals surface area contributed by atoms with Crippen LogP contribution in [0.15, 0.2) is 77.8 Å². The summed E-state index contributed by atoms with van der Waals surface area (Å²) in [6.07, 6.45) is 4.92. The largest absolute Gasteiger partial charge is 0.384 e. The number of nitrogens with two attached hydrogens (primary N) is 2. The molecule has 2 heterocycles. The van der Waals surface area contributed by atoms with Gasteiger partial charge in [0.2, 0.25) is 10.0 Å². The van der Waals surface area contributed by atoms with Crippen LogP contribution in [-0.2, 0) is 29.4 Å². The lowest BCUT2D eigenvalue weighted by molar-refractivity contribution is 0.360. The van der Waals surface area contributed by atoms with Gasteiger partial charge in [0.05, 0.1) is 10.9 Å². The first-order valence-corrected chi connectivity index (χ1v) is 15.6. The van der Waals surface area contributed by atoms with Crippen LogP contribution in [0.3, 0.4) is 0 Å². The maximum Gasteiger partial charge on any atom is 0.241 e. The minimum atomic E-state index is -3.99. The third kappa shape index (κ3) is 6.66. The molecule has 214 valence electrons. The van der Waals surface area contributed by atoms with Gasteiger partial charge in [0.1, 0.15) is 11.7 Å². The second kappa shape index (κ2) is 12.3. The van der Waals surface area contributed by atoms with Gasteiger partial charge in [-0.2, -0.15) is 0 Å². The van der Waals surface area contributed by atoms with Gasteiger partial charge in [0, 0.05) is 39.6 Å². The molecule has 41 heavy (non-hydrogen) atoms. The molecule has 11 heteroatoms. The van der Waals surface area contributed by atoms with Crippen molar-refractivity contribution in [1.29, 1.82) is 5.41 Å². The van der Waals surface area contributed by atoms with Crippen molar-refractivity contribution in [2.75, 3.05) is 6.54 Å². The van der Waals surface area contributed by atoms with Crippen LogP contribution in [0.4, 0.5) is 0 Å². The lowest BCUT2D eigenvalue weighted by Crippen LogP contribution is -2.33. The van der Waals surface area contributed by atoms with Crippen LogP contribution in [0.1, 0.15) is 41.5 Å². The quantitative estimate of drug-likeness (QED) is 0.142. The fourth-order valence-corrected chi connectivity index (χ4v) is 7.17. The van der Waals surface area contributed by atoms with Crippen molar-refractivity contribution in [3.05, 3.63) is 106 Å². The Balaban J connectivity index is 1.50. The van der Waals surface area contributed by atoms with Gasteiger partial charge in [-0.1, -0.05) is 59.6 Å². The topological polar surface area (TPSA) is 140 Å². The number of rotatable bonds is 10. The van der Waals surface area contributed by atoms with Crippen LogP contribution >= 0.6 is 23.2 Å². The molecule has 4 aromatic rings. The average molecular weight is 612 g/mol. The van der Waals surface area contributed by atoms with Crippen molar-refractivity contribution in [1.82, 2.24) is 14.3 Å². The fraction of sp³-hybridized carbons (Fsp3) is 0.267. The standard InChI is InChI=1S/C30H32Cl2N6O2S/c31-23-7-8-26(27(32)17-23)21-4-2-6-25(16-21)41(39,40)37-28(15-20-3-1-5-22(13-20)29(34)35)30-36-18-24-14-19(9-11-33)10-12-38(24)30/h1-8,13,16-19,28,37H,9-12,14-15,33H2,(H3,34,35)/t19?,28-/m0/s1. The third-order valence-electron chi connectivity index (χ3n) is 7.48. The summed E-state index contributed by atoms with van der Waals surface area (Å²) < 4.78 is 32.8. The summed E-state index contributed by atoms with van der Waals surface area (Å²) in [5.74, 6) is 1.09. The number of sulfonamides is 1. The van der Waals surface area contributed by atoms with Gasteiger partial charge in [0.15, 0.2) is 0 Å². The van der Waals surface area contributed by atoms with Gasteiger partial charge in [-0.05, 0) is 79.6 Å². The van der Waals surface area contributed by atoms with E-state index in [9.17, 15) is 8.42 Å². The highest BCUT2D eigenvalue weighted by Gasteiger charge is 2.29. The zero-order valence-electron chi connectivity index (χ0n) is 22.4. The number of amidine groups is 1. The van der Waals surface area contributed by atoms with E-state index in [1.54, 1.807) is 42.5 Å². The highest BCUT2D eigenvalue weighted by Crippen LogP contribution is 2.33. The molecule has 0 spiro atoms. The molecule has 0 fully saturated rings. The Bertz CT molecular complexity index is 1690. The Kier molecular flexibility index (Phi) is 8.82. The van der Waals surface area contributed by atoms with Crippen molar-refractivity contribution in [2.24, 2.45) is 17.4 Å². The van der Waals surface area contributed by atoms with Gasteiger partial charge in [-0.3, -0.25) is 5.41 Å². The molecule has 0 bridgehead atoms. The highest BCUT2D eigenvalue weighted by atomic mass is 35.5. The summed E-state index contributed by atoms with van der Waals surface area (Å²) in [6, 6.07) is 18.4. The smallest absolute Gasteiger partial charge is 0.241 e. The van der Waals surface area contributed by atoms with Crippen molar-refractivity contribution < 1.29 is 8.42 Å². The fourth-order valence-electron chi connectivity index (χ4n) is 5.41. The predicted molar refractivity (Wildman–Crippen MR) is 164 cm³/mol. The number of benzene rings is 3. The molecule has 8 nitrogen and oxygen atoms in total. The maximum absolute atomic E-state index is 13.9. The molecule has 3 aromatic carbocycles. The molecule has 6 N–H and O–H groups in total. The summed E-state index contributed by atoms with van der Waals surface area (Å²) in [6.45, 7) is 1.38. The van der Waals surface area contributed by atoms with E-state index < -0.39 is 16.1 Å². The monoisotopic (exact) mass is 610 g/mol. The molecule has 0 saturated heterocycles. The van der Waals surface area contributed by atoms with Crippen LogP contribution in [0.5, 0.6) is 0 Å². The van der Waals surface area contributed by atoms with E-state index in [2.05, 4.69) is 9.29 Å². The molecule has 0 radical (unpaired) electrons. The molecule has 0 aliphatic carbocycles. The Labute approximate surface area is 250 Å². The highest BCUT2D eigenvalue weighted by molar-refractivity contribution is 7.89. The molecule has 2 atom stereocenters. The molecule has 1 aliphatic rings. The molecular weight excluding hydrogens is 579 g/mol. The van der Waals surface area contributed by atoms with E-state index in [1.165, 1.54) is 0 Å². The minimum Gasteiger partial charge on any atom is -0.384 e. The number of aromatic nitrogens is 2. The first-order chi connectivity index (χ1) is 19.6. The van der Waals surface area contributed by atoms with Crippen molar-refractivity contribution in [3.8, 4) is 11.1 Å². The van der Waals surface area contributed by atoms with E-state index in [0.717, 1.165) is 37.1 Å². The van der Waals surface area contributed by atoms with Crippen LogP contribution in [-0.4, -0.2) is 30.3 Å². The van der Waals surface area contributed by atoms with Gasteiger partial charge < -0.3 is 16.0 Å². The summed E-state index contributed by atoms with van der Waals surface area (Å²) >= 11 is 12.5. The third-order valence-corrected chi connectivity index (χ3v) is 9.49. The molecule has 1 aliphatic heterocycles. The number of nitrogens with one attached hydrogen (secondary N) is 2. The van der Waals surface area contributed by atoms with E-state index in [-0.39, 0.29) is 10.7 Å².